The molecule has 1 aromatic carbocycles. The molecular weight excluding hydrogens is 438 g/mol. The molecule has 5 rings (SSSR count). The smallest absolute Gasteiger partial charge is 0.252 e. The molecule has 0 unspecified atom stereocenters. The van der Waals surface area contributed by atoms with E-state index in [1.54, 1.807) is 0 Å². The summed E-state index contributed by atoms with van der Waals surface area (Å²) in [6.07, 6.45) is 0.223. The minimum absolute atomic E-state index is 0.282. The number of rotatable bonds is 7. The molecule has 0 saturated carbocycles. The fraction of sp³-hybridized carbons (Fsp3) is 0.680. The second kappa shape index (κ2) is 8.87. The van der Waals surface area contributed by atoms with Crippen LogP contribution < -0.4 is 5.32 Å². The minimum atomic E-state index is -0.886. The van der Waals surface area contributed by atoms with Gasteiger partial charge in [-0.1, -0.05) is 31.9 Å². The molecule has 3 saturated heterocycles. The van der Waals surface area contributed by atoms with Crippen LogP contribution in [0.4, 0.5) is 0 Å². The van der Waals surface area contributed by atoms with E-state index < -0.39 is 42.3 Å². The molecule has 186 valence electrons. The fourth-order valence-corrected chi connectivity index (χ4v) is 5.12. The highest BCUT2D eigenvalue weighted by Crippen LogP contribution is 2.44. The number of benzene rings is 1. The number of hydrogen-bond acceptors (Lipinski definition) is 7. The molecule has 3 fully saturated rings. The predicted molar refractivity (Wildman–Crippen MR) is 124 cm³/mol. The number of carbonyl (C=O) groups is 1. The van der Waals surface area contributed by atoms with Crippen molar-refractivity contribution < 1.29 is 28.5 Å². The summed E-state index contributed by atoms with van der Waals surface area (Å²) in [7, 11) is 0. The average Bonchev–Trinajstić information content (AvgIpc) is 3.40. The second-order valence-corrected chi connectivity index (χ2v) is 10.2. The van der Waals surface area contributed by atoms with E-state index >= 15 is 0 Å². The highest BCUT2D eigenvalue weighted by molar-refractivity contribution is 5.82. The largest absolute Gasteiger partial charge is 0.347 e. The number of unbranched alkanes of at least 4 members (excludes halogenated alkanes) is 2. The summed E-state index contributed by atoms with van der Waals surface area (Å²) < 4.78 is 32.4. The molecule has 2 aromatic rings. The first kappa shape index (κ1) is 23.7. The molecule has 1 amide bonds. The normalized spacial score (nSPS) is 31.4. The first-order chi connectivity index (χ1) is 16.2. The minimum Gasteiger partial charge on any atom is -0.347 e. The molecule has 3 aliphatic heterocycles. The number of carbonyl (C=O) groups excluding carboxylic acids is 1. The number of ether oxygens (including phenoxy) is 5. The van der Waals surface area contributed by atoms with Crippen molar-refractivity contribution in [3.05, 3.63) is 30.1 Å². The van der Waals surface area contributed by atoms with E-state index in [0.29, 0.717) is 0 Å². The SMILES string of the molecule is CCCCCn1c(CNC(=O)[C@@H]2O[C@@H]3OC(C)(C)O[C@H]3[C@H]3OC(C)(C)O[C@@H]32)nc2ccccc21. The summed E-state index contributed by atoms with van der Waals surface area (Å²) >= 11 is 0. The van der Waals surface area contributed by atoms with Crippen molar-refractivity contribution >= 4 is 16.9 Å². The lowest BCUT2D eigenvalue weighted by Crippen LogP contribution is -2.59. The third kappa shape index (κ3) is 4.47. The second-order valence-electron chi connectivity index (χ2n) is 10.2. The topological polar surface area (TPSA) is 93.1 Å². The number of nitrogens with zero attached hydrogens (tertiary/aromatic N) is 2. The van der Waals surface area contributed by atoms with E-state index in [2.05, 4.69) is 22.9 Å². The van der Waals surface area contributed by atoms with E-state index in [1.807, 2.05) is 45.9 Å². The van der Waals surface area contributed by atoms with Gasteiger partial charge in [0.15, 0.2) is 24.0 Å². The Balaban J connectivity index is 1.33. The zero-order valence-corrected chi connectivity index (χ0v) is 20.6. The predicted octanol–water partition coefficient (Wildman–Crippen LogP) is 3.24. The maximum Gasteiger partial charge on any atom is 0.252 e. The quantitative estimate of drug-likeness (QED) is 0.617. The third-order valence-electron chi connectivity index (χ3n) is 6.55. The first-order valence-electron chi connectivity index (χ1n) is 12.3. The number of nitrogens with one attached hydrogen (secondary N) is 1. The molecule has 1 N–H and O–H groups in total. The highest BCUT2D eigenvalue weighted by atomic mass is 16.9. The van der Waals surface area contributed by atoms with E-state index in [4.69, 9.17) is 28.7 Å². The van der Waals surface area contributed by atoms with Gasteiger partial charge in [0.25, 0.3) is 5.91 Å². The zero-order chi connectivity index (χ0) is 24.1. The Labute approximate surface area is 200 Å². The number of hydrogen-bond donors (Lipinski definition) is 1. The van der Waals surface area contributed by atoms with Crippen molar-refractivity contribution in [1.29, 1.82) is 0 Å². The molecule has 0 spiro atoms. The molecule has 5 atom stereocenters. The van der Waals surface area contributed by atoms with Crippen LogP contribution in [-0.2, 0) is 41.6 Å². The summed E-state index contributed by atoms with van der Waals surface area (Å²) in [5.74, 6) is -1.14. The van der Waals surface area contributed by atoms with Crippen molar-refractivity contribution in [1.82, 2.24) is 14.9 Å². The monoisotopic (exact) mass is 473 g/mol. The third-order valence-corrected chi connectivity index (χ3v) is 6.55. The molecule has 1 aromatic heterocycles. The molecular formula is C25H35N3O6. The van der Waals surface area contributed by atoms with Gasteiger partial charge >= 0.3 is 0 Å². The zero-order valence-electron chi connectivity index (χ0n) is 20.6. The van der Waals surface area contributed by atoms with Gasteiger partial charge in [-0.3, -0.25) is 4.79 Å². The molecule has 0 bridgehead atoms. The number of amides is 1. The first-order valence-corrected chi connectivity index (χ1v) is 12.3. The van der Waals surface area contributed by atoms with E-state index in [9.17, 15) is 4.79 Å². The standard InChI is InChI=1S/C25H35N3O6/c1-6-7-10-13-28-16-12-9-8-11-15(16)27-17(28)14-26-22(29)20-18-19(32-24(2,3)31-18)21-23(30-20)34-25(4,5)33-21/h8-9,11-12,18-21,23H,6-7,10,13-14H2,1-5H3,(H,26,29)/t18-,19-,20+,21-,23+/m0/s1. The molecule has 3 aliphatic rings. The number of imidazole rings is 1. The Kier molecular flexibility index (Phi) is 6.18. The van der Waals surface area contributed by atoms with Gasteiger partial charge in [-0.2, -0.15) is 0 Å². The molecule has 4 heterocycles. The summed E-state index contributed by atoms with van der Waals surface area (Å²) in [6, 6.07) is 8.06. The van der Waals surface area contributed by atoms with Crippen LogP contribution in [0.5, 0.6) is 0 Å². The highest BCUT2D eigenvalue weighted by Gasteiger charge is 2.62. The van der Waals surface area contributed by atoms with E-state index in [1.165, 1.54) is 0 Å². The number of para-hydroxylation sites is 2. The average molecular weight is 474 g/mol. The van der Waals surface area contributed by atoms with Gasteiger partial charge in [0, 0.05) is 6.54 Å². The summed E-state index contributed by atoms with van der Waals surface area (Å²) in [4.78, 5) is 18.1. The number of aryl methyl sites for hydroxylation is 1. The number of fused-ring (bicyclic) bond motifs is 4. The van der Waals surface area contributed by atoms with Crippen molar-refractivity contribution in [2.45, 2.75) is 109 Å². The summed E-state index contributed by atoms with van der Waals surface area (Å²) in [6.45, 7) is 10.6. The van der Waals surface area contributed by atoms with Gasteiger partial charge in [-0.15, -0.1) is 0 Å². The van der Waals surface area contributed by atoms with Gasteiger partial charge in [-0.05, 0) is 46.2 Å². The summed E-state index contributed by atoms with van der Waals surface area (Å²) in [5, 5.41) is 3.02. The van der Waals surface area contributed by atoms with Gasteiger partial charge in [-0.25, -0.2) is 4.98 Å². The number of aromatic nitrogens is 2. The molecule has 0 radical (unpaired) electrons. The lowest BCUT2D eigenvalue weighted by molar-refractivity contribution is -0.231. The maximum atomic E-state index is 13.4. The van der Waals surface area contributed by atoms with Crippen molar-refractivity contribution in [3.63, 3.8) is 0 Å². The van der Waals surface area contributed by atoms with Crippen LogP contribution in [0.25, 0.3) is 11.0 Å². The van der Waals surface area contributed by atoms with E-state index in [-0.39, 0.29) is 12.5 Å². The molecule has 9 heteroatoms. The Morgan fingerprint density at radius 2 is 1.71 bits per heavy atom. The van der Waals surface area contributed by atoms with Crippen LogP contribution in [0.15, 0.2) is 24.3 Å². The van der Waals surface area contributed by atoms with Crippen LogP contribution in [0.2, 0.25) is 0 Å². The van der Waals surface area contributed by atoms with Gasteiger partial charge in [0.1, 0.15) is 24.1 Å². The van der Waals surface area contributed by atoms with Gasteiger partial charge < -0.3 is 33.6 Å². The summed E-state index contributed by atoms with van der Waals surface area (Å²) in [5.41, 5.74) is 2.00. The Morgan fingerprint density at radius 1 is 1.00 bits per heavy atom. The molecule has 34 heavy (non-hydrogen) atoms. The molecule has 0 aliphatic carbocycles. The Morgan fingerprint density at radius 3 is 2.50 bits per heavy atom. The van der Waals surface area contributed by atoms with E-state index in [0.717, 1.165) is 42.7 Å². The Hall–Kier alpha value is -2.04. The lowest BCUT2D eigenvalue weighted by atomic mass is 9.98. The van der Waals surface area contributed by atoms with Crippen LogP contribution in [0, 0.1) is 0 Å². The van der Waals surface area contributed by atoms with Crippen LogP contribution in [0.1, 0.15) is 59.7 Å². The van der Waals surface area contributed by atoms with Crippen LogP contribution >= 0.6 is 0 Å². The van der Waals surface area contributed by atoms with Crippen molar-refractivity contribution in [2.75, 3.05) is 0 Å². The van der Waals surface area contributed by atoms with Crippen LogP contribution in [-0.4, -0.2) is 57.7 Å². The fourth-order valence-electron chi connectivity index (χ4n) is 5.12. The van der Waals surface area contributed by atoms with Crippen molar-refractivity contribution in [3.8, 4) is 0 Å². The lowest BCUT2D eigenvalue weighted by Gasteiger charge is -2.36. The van der Waals surface area contributed by atoms with Crippen molar-refractivity contribution in [2.24, 2.45) is 0 Å². The van der Waals surface area contributed by atoms with Gasteiger partial charge in [0.2, 0.25) is 0 Å². The Bertz CT molecular complexity index is 1050. The van der Waals surface area contributed by atoms with Crippen LogP contribution in [0.3, 0.4) is 0 Å². The molecule has 9 nitrogen and oxygen atoms in total. The maximum absolute atomic E-state index is 13.4. The van der Waals surface area contributed by atoms with Gasteiger partial charge in [0.05, 0.1) is 17.6 Å².